The van der Waals surface area contributed by atoms with Crippen LogP contribution in [0.3, 0.4) is 0 Å². The average molecular weight is 963 g/mol. The molecule has 1 N–H and O–H groups in total. The lowest BCUT2D eigenvalue weighted by atomic mass is 10.0. The number of carboxylic acids is 1. The number of rotatable bonds is 48. The molecule has 0 bridgehead atoms. The second-order valence-electron chi connectivity index (χ2n) is 18.8. The van der Waals surface area contributed by atoms with Crippen LogP contribution in [0.15, 0.2) is 109 Å². The van der Waals surface area contributed by atoms with E-state index in [1.807, 2.05) is 21.1 Å². The maximum Gasteiger partial charge on any atom is 0.361 e. The zero-order valence-corrected chi connectivity index (χ0v) is 44.4. The number of likely N-dealkylation sites (N-methyl/N-ethyl adjacent to an activating group) is 1. The smallest absolute Gasteiger partial charge is 0.361 e. The summed E-state index contributed by atoms with van der Waals surface area (Å²) in [6, 6.07) is 0. The van der Waals surface area contributed by atoms with Gasteiger partial charge in [0.15, 0.2) is 6.10 Å². The molecule has 9 nitrogen and oxygen atoms in total. The maximum absolute atomic E-state index is 12.8. The van der Waals surface area contributed by atoms with Crippen molar-refractivity contribution < 1.29 is 42.9 Å². The summed E-state index contributed by atoms with van der Waals surface area (Å²) in [5.74, 6) is -2.10. The van der Waals surface area contributed by atoms with E-state index in [-0.39, 0.29) is 38.6 Å². The number of unbranched alkanes of at least 4 members (excludes halogenated alkanes) is 15. The van der Waals surface area contributed by atoms with Gasteiger partial charge in [-0.25, -0.2) is 4.79 Å². The topological polar surface area (TPSA) is 108 Å². The van der Waals surface area contributed by atoms with Crippen LogP contribution in [0.25, 0.3) is 0 Å². The molecule has 0 saturated carbocycles. The Hall–Kier alpha value is -4.05. The highest BCUT2D eigenvalue weighted by molar-refractivity contribution is 5.71. The number of carboxylic acid groups (broad SMARTS) is 1. The molecule has 0 amide bonds. The van der Waals surface area contributed by atoms with Gasteiger partial charge in [-0.1, -0.05) is 213 Å². The summed E-state index contributed by atoms with van der Waals surface area (Å²) in [5, 5.41) is 9.67. The monoisotopic (exact) mass is 963 g/mol. The highest BCUT2D eigenvalue weighted by atomic mass is 16.7. The number of quaternary nitrogens is 1. The molecule has 0 aromatic carbocycles. The molecule has 0 fully saturated rings. The van der Waals surface area contributed by atoms with Crippen LogP contribution in [0.1, 0.15) is 194 Å². The molecule has 0 aromatic rings. The summed E-state index contributed by atoms with van der Waals surface area (Å²) in [5.41, 5.74) is 0. The van der Waals surface area contributed by atoms with E-state index < -0.39 is 24.3 Å². The predicted octanol–water partition coefficient (Wildman–Crippen LogP) is 15.6. The molecular formula is C60H100NO8+. The Kier molecular flexibility index (Phi) is 47.4. The van der Waals surface area contributed by atoms with Gasteiger partial charge in [-0.05, 0) is 77.0 Å². The molecule has 0 aliphatic carbocycles. The molecule has 2 unspecified atom stereocenters. The van der Waals surface area contributed by atoms with Gasteiger partial charge in [0, 0.05) is 12.8 Å². The number of aliphatic carboxylic acids is 1. The lowest BCUT2D eigenvalue weighted by Gasteiger charge is -2.25. The minimum atomic E-state index is -1.53. The van der Waals surface area contributed by atoms with Crippen molar-refractivity contribution in [2.45, 2.75) is 206 Å². The van der Waals surface area contributed by atoms with Gasteiger partial charge >= 0.3 is 17.9 Å². The quantitative estimate of drug-likeness (QED) is 0.0211. The van der Waals surface area contributed by atoms with Gasteiger partial charge in [-0.2, -0.15) is 0 Å². The molecule has 0 aliphatic heterocycles. The van der Waals surface area contributed by atoms with Gasteiger partial charge in [0.2, 0.25) is 0 Å². The lowest BCUT2D eigenvalue weighted by molar-refractivity contribution is -0.870. The summed E-state index contributed by atoms with van der Waals surface area (Å²) in [6.45, 7) is 4.68. The van der Waals surface area contributed by atoms with E-state index in [2.05, 4.69) is 123 Å². The van der Waals surface area contributed by atoms with E-state index in [9.17, 15) is 19.5 Å². The molecule has 0 spiro atoms. The first kappa shape index (κ1) is 65.0. The van der Waals surface area contributed by atoms with E-state index >= 15 is 0 Å². The third-order valence-corrected chi connectivity index (χ3v) is 11.0. The van der Waals surface area contributed by atoms with Crippen molar-refractivity contribution in [2.75, 3.05) is 47.5 Å². The Morgan fingerprint density at radius 3 is 1.22 bits per heavy atom. The second-order valence-corrected chi connectivity index (χ2v) is 18.8. The first-order valence-corrected chi connectivity index (χ1v) is 27.1. The van der Waals surface area contributed by atoms with E-state index in [1.165, 1.54) is 77.0 Å². The van der Waals surface area contributed by atoms with Crippen LogP contribution < -0.4 is 0 Å². The fourth-order valence-corrected chi connectivity index (χ4v) is 6.90. The summed E-state index contributed by atoms with van der Waals surface area (Å²) < 4.78 is 22.7. The molecule has 0 aromatic heterocycles. The Bertz CT molecular complexity index is 1490. The highest BCUT2D eigenvalue weighted by Crippen LogP contribution is 2.15. The number of esters is 2. The summed E-state index contributed by atoms with van der Waals surface area (Å²) >= 11 is 0. The van der Waals surface area contributed by atoms with Crippen LogP contribution in [0.4, 0.5) is 0 Å². The van der Waals surface area contributed by atoms with Gasteiger partial charge in [0.05, 0.1) is 34.4 Å². The second kappa shape index (κ2) is 50.3. The summed E-state index contributed by atoms with van der Waals surface area (Å²) in [6.07, 6.45) is 65.9. The molecule has 0 aliphatic rings. The van der Waals surface area contributed by atoms with Crippen LogP contribution in [-0.2, 0) is 33.3 Å². The van der Waals surface area contributed by atoms with Crippen LogP contribution in [0.5, 0.6) is 0 Å². The molecule has 9 heteroatoms. The normalized spacial score (nSPS) is 13.7. The van der Waals surface area contributed by atoms with Crippen molar-refractivity contribution in [3.8, 4) is 0 Å². The zero-order chi connectivity index (χ0) is 50.6. The summed E-state index contributed by atoms with van der Waals surface area (Å²) in [4.78, 5) is 37.3. The first-order valence-electron chi connectivity index (χ1n) is 27.1. The molecule has 0 rings (SSSR count). The largest absolute Gasteiger partial charge is 0.477 e. The van der Waals surface area contributed by atoms with E-state index in [1.54, 1.807) is 0 Å². The number of carbonyl (C=O) groups excluding carboxylic acids is 2. The molecule has 0 heterocycles. The van der Waals surface area contributed by atoms with Crippen LogP contribution in [0.2, 0.25) is 0 Å². The fraction of sp³-hybridized carbons (Fsp3) is 0.650. The van der Waals surface area contributed by atoms with E-state index in [0.29, 0.717) is 23.9 Å². The van der Waals surface area contributed by atoms with Gasteiger partial charge in [0.25, 0.3) is 6.29 Å². The third-order valence-electron chi connectivity index (χ3n) is 11.0. The highest BCUT2D eigenvalue weighted by Gasteiger charge is 2.25. The van der Waals surface area contributed by atoms with Crippen molar-refractivity contribution in [1.82, 2.24) is 0 Å². The Labute approximate surface area is 422 Å². The first-order chi connectivity index (χ1) is 33.6. The van der Waals surface area contributed by atoms with Gasteiger partial charge in [0.1, 0.15) is 13.2 Å². The molecule has 392 valence electrons. The number of allylic oxidation sites excluding steroid dienone is 18. The minimum Gasteiger partial charge on any atom is -0.477 e. The Morgan fingerprint density at radius 1 is 0.449 bits per heavy atom. The Morgan fingerprint density at radius 2 is 0.826 bits per heavy atom. The SMILES string of the molecule is CC/C=C\C/C=C\C/C=C\C/C=C\C/C=C\C/C=C\C/C=C\C/C=C\C/C=C\CCCC(=O)OC(COC(=O)CCCCCCCCCCCCCCCCC)COC(OCC[N+](C)(C)C)C(=O)O. The van der Waals surface area contributed by atoms with Crippen molar-refractivity contribution in [3.05, 3.63) is 109 Å². The van der Waals surface area contributed by atoms with Crippen molar-refractivity contribution in [2.24, 2.45) is 0 Å². The van der Waals surface area contributed by atoms with Gasteiger partial charge in [-0.15, -0.1) is 0 Å². The Balaban J connectivity index is 4.43. The molecule has 69 heavy (non-hydrogen) atoms. The van der Waals surface area contributed by atoms with Crippen LogP contribution in [0, 0.1) is 0 Å². The fourth-order valence-electron chi connectivity index (χ4n) is 6.90. The van der Waals surface area contributed by atoms with Crippen molar-refractivity contribution in [1.29, 1.82) is 0 Å². The number of carbonyl (C=O) groups is 3. The number of ether oxygens (including phenoxy) is 4. The average Bonchev–Trinajstić information content (AvgIpc) is 3.31. The van der Waals surface area contributed by atoms with Crippen LogP contribution >= 0.6 is 0 Å². The standard InChI is InChI=1S/C60H99NO8/c1-6-8-10-12-14-16-18-20-22-23-24-25-26-27-28-29-30-31-32-33-34-35-37-39-41-43-45-47-49-51-58(63)69-56(55-68-60(59(64)65)66-53-52-61(3,4)5)54-67-57(62)50-48-46-44-42-40-38-36-21-19-17-15-13-11-9-7-2/h8,10,14,16,20,22,24-25,27-28,30-31,33-34,37,39,43,45,56,60H,6-7,9,11-13,15,17-19,21,23,26,29,32,35-36,38,40-42,44,46-55H2,1-5H3/p+1/b10-8-,16-14-,22-20-,25-24-,28-27-,31-30-,34-33-,39-37-,45-43-. The zero-order valence-electron chi connectivity index (χ0n) is 44.4. The molecular weight excluding hydrogens is 863 g/mol. The van der Waals surface area contributed by atoms with Gasteiger partial charge in [-0.3, -0.25) is 9.59 Å². The van der Waals surface area contributed by atoms with Crippen molar-refractivity contribution >= 4 is 17.9 Å². The number of hydrogen-bond acceptors (Lipinski definition) is 7. The summed E-state index contributed by atoms with van der Waals surface area (Å²) in [7, 11) is 5.94. The van der Waals surface area contributed by atoms with E-state index in [0.717, 1.165) is 77.0 Å². The van der Waals surface area contributed by atoms with Gasteiger partial charge < -0.3 is 28.5 Å². The molecule has 0 radical (unpaired) electrons. The number of nitrogens with zero attached hydrogens (tertiary/aromatic N) is 1. The maximum atomic E-state index is 12.8. The van der Waals surface area contributed by atoms with Crippen LogP contribution in [-0.4, -0.2) is 87.4 Å². The molecule has 0 saturated heterocycles. The van der Waals surface area contributed by atoms with Crippen molar-refractivity contribution in [3.63, 3.8) is 0 Å². The number of hydrogen-bond donors (Lipinski definition) is 1. The van der Waals surface area contributed by atoms with E-state index in [4.69, 9.17) is 18.9 Å². The third kappa shape index (κ3) is 51.6. The lowest BCUT2D eigenvalue weighted by Crippen LogP contribution is -2.40. The predicted molar refractivity (Wildman–Crippen MR) is 290 cm³/mol. The minimum absolute atomic E-state index is 0.172. The molecule has 2 atom stereocenters.